The van der Waals surface area contributed by atoms with Gasteiger partial charge in [-0.05, 0) is 38.1 Å². The highest BCUT2D eigenvalue weighted by atomic mass is 35.5. The van der Waals surface area contributed by atoms with E-state index in [-0.39, 0.29) is 18.9 Å². The molecular formula is C21H22ClN3O2. The van der Waals surface area contributed by atoms with Gasteiger partial charge in [-0.25, -0.2) is 4.68 Å². The number of aryl methyl sites for hydroxylation is 1. The third kappa shape index (κ3) is 4.68. The van der Waals surface area contributed by atoms with Crippen LogP contribution in [0.2, 0.25) is 5.02 Å². The van der Waals surface area contributed by atoms with E-state index >= 15 is 0 Å². The number of halogens is 1. The summed E-state index contributed by atoms with van der Waals surface area (Å²) in [6, 6.07) is 17.2. The van der Waals surface area contributed by atoms with Gasteiger partial charge in [-0.1, -0.05) is 41.9 Å². The van der Waals surface area contributed by atoms with Crippen molar-refractivity contribution in [3.8, 4) is 11.4 Å². The highest BCUT2D eigenvalue weighted by Gasteiger charge is 2.13. The summed E-state index contributed by atoms with van der Waals surface area (Å²) in [4.78, 5) is 12.1. The second-order valence-electron chi connectivity index (χ2n) is 6.20. The Kier molecular flexibility index (Phi) is 6.14. The molecule has 140 valence electrons. The van der Waals surface area contributed by atoms with Gasteiger partial charge < -0.3 is 10.1 Å². The van der Waals surface area contributed by atoms with Crippen molar-refractivity contribution >= 4 is 17.5 Å². The molecule has 27 heavy (non-hydrogen) atoms. The summed E-state index contributed by atoms with van der Waals surface area (Å²) in [5, 5.41) is 8.08. The number of amides is 1. The molecular weight excluding hydrogens is 362 g/mol. The van der Waals surface area contributed by atoms with Crippen LogP contribution < -0.4 is 10.1 Å². The van der Waals surface area contributed by atoms with E-state index in [1.54, 1.807) is 12.1 Å². The highest BCUT2D eigenvalue weighted by molar-refractivity contribution is 6.32. The van der Waals surface area contributed by atoms with Gasteiger partial charge in [0.05, 0.1) is 29.4 Å². The number of hydrogen-bond donors (Lipinski definition) is 1. The molecule has 1 amide bonds. The molecule has 0 aliphatic rings. The minimum absolute atomic E-state index is 0.0756. The maximum Gasteiger partial charge on any atom is 0.223 e. The molecule has 0 unspecified atom stereocenters. The summed E-state index contributed by atoms with van der Waals surface area (Å²) in [5.41, 5.74) is 3.96. The van der Waals surface area contributed by atoms with Crippen LogP contribution in [0.3, 0.4) is 0 Å². The number of ether oxygens (including phenoxy) is 1. The molecule has 0 saturated carbocycles. The molecule has 0 spiro atoms. The van der Waals surface area contributed by atoms with Crippen molar-refractivity contribution in [2.24, 2.45) is 0 Å². The largest absolute Gasteiger partial charge is 0.491 e. The second kappa shape index (κ2) is 8.73. The zero-order chi connectivity index (χ0) is 19.2. The number of rotatable bonds is 7. The smallest absolute Gasteiger partial charge is 0.223 e. The third-order valence-corrected chi connectivity index (χ3v) is 4.64. The molecule has 3 aromatic rings. The first-order valence-electron chi connectivity index (χ1n) is 8.81. The number of carbonyl (C=O) groups is 1. The molecule has 5 nitrogen and oxygen atoms in total. The highest BCUT2D eigenvalue weighted by Crippen LogP contribution is 2.23. The monoisotopic (exact) mass is 383 g/mol. The lowest BCUT2D eigenvalue weighted by atomic mass is 10.2. The van der Waals surface area contributed by atoms with Gasteiger partial charge >= 0.3 is 0 Å². The Hall–Kier alpha value is -2.79. The van der Waals surface area contributed by atoms with E-state index in [1.807, 2.05) is 61.0 Å². The summed E-state index contributed by atoms with van der Waals surface area (Å²) in [6.07, 6.45) is 0.260. The minimum atomic E-state index is -0.0756. The molecule has 0 radical (unpaired) electrons. The van der Waals surface area contributed by atoms with E-state index in [1.165, 1.54) is 0 Å². The SMILES string of the molecule is Cc1nn(-c2ccccc2)c(C)c1CNC(=O)CCOc1ccccc1Cl. The fraction of sp³-hybridized carbons (Fsp3) is 0.238. The standard InChI is InChI=1S/C21H22ClN3O2/c1-15-18(16(2)25(24-15)17-8-4-3-5-9-17)14-23-21(26)12-13-27-20-11-7-6-10-19(20)22/h3-11H,12-14H2,1-2H3,(H,23,26). The lowest BCUT2D eigenvalue weighted by Crippen LogP contribution is -2.25. The van der Waals surface area contributed by atoms with Gasteiger partial charge in [-0.2, -0.15) is 5.10 Å². The van der Waals surface area contributed by atoms with Crippen LogP contribution in [0, 0.1) is 13.8 Å². The molecule has 1 aromatic heterocycles. The Morgan fingerprint density at radius 2 is 1.81 bits per heavy atom. The van der Waals surface area contributed by atoms with Gasteiger partial charge in [0.1, 0.15) is 5.75 Å². The average Bonchev–Trinajstić information content (AvgIpc) is 2.96. The van der Waals surface area contributed by atoms with Crippen LogP contribution >= 0.6 is 11.6 Å². The first kappa shape index (κ1) is 19.0. The molecule has 0 aliphatic carbocycles. The summed E-state index contributed by atoms with van der Waals surface area (Å²) in [6.45, 7) is 4.68. The quantitative estimate of drug-likeness (QED) is 0.664. The van der Waals surface area contributed by atoms with Gasteiger partial charge in [0, 0.05) is 17.8 Å². The van der Waals surface area contributed by atoms with Crippen molar-refractivity contribution < 1.29 is 9.53 Å². The maximum atomic E-state index is 12.1. The fourth-order valence-corrected chi connectivity index (χ4v) is 3.03. The maximum absolute atomic E-state index is 12.1. The van der Waals surface area contributed by atoms with Crippen molar-refractivity contribution in [2.45, 2.75) is 26.8 Å². The Bertz CT molecular complexity index is 922. The normalized spacial score (nSPS) is 10.6. The molecule has 3 rings (SSSR count). The Balaban J connectivity index is 1.55. The number of carbonyl (C=O) groups excluding carboxylic acids is 1. The van der Waals surface area contributed by atoms with Gasteiger partial charge in [-0.3, -0.25) is 4.79 Å². The average molecular weight is 384 g/mol. The van der Waals surface area contributed by atoms with Crippen molar-refractivity contribution in [2.75, 3.05) is 6.61 Å². The Morgan fingerprint density at radius 3 is 2.56 bits per heavy atom. The van der Waals surface area contributed by atoms with Crippen LogP contribution in [-0.2, 0) is 11.3 Å². The first-order chi connectivity index (χ1) is 13.1. The first-order valence-corrected chi connectivity index (χ1v) is 9.18. The number of nitrogens with one attached hydrogen (secondary N) is 1. The molecule has 6 heteroatoms. The summed E-state index contributed by atoms with van der Waals surface area (Å²) in [5.74, 6) is 0.510. The minimum Gasteiger partial charge on any atom is -0.491 e. The van der Waals surface area contributed by atoms with E-state index in [0.717, 1.165) is 22.6 Å². The van der Waals surface area contributed by atoms with Gasteiger partial charge in [-0.15, -0.1) is 0 Å². The number of benzene rings is 2. The van der Waals surface area contributed by atoms with E-state index in [4.69, 9.17) is 16.3 Å². The van der Waals surface area contributed by atoms with Crippen LogP contribution in [0.1, 0.15) is 23.4 Å². The number of hydrogen-bond acceptors (Lipinski definition) is 3. The molecule has 1 N–H and O–H groups in total. The topological polar surface area (TPSA) is 56.2 Å². The molecule has 0 aliphatic heterocycles. The third-order valence-electron chi connectivity index (χ3n) is 4.33. The van der Waals surface area contributed by atoms with E-state index < -0.39 is 0 Å². The summed E-state index contributed by atoms with van der Waals surface area (Å²) < 4.78 is 7.46. The molecule has 0 saturated heterocycles. The van der Waals surface area contributed by atoms with Gasteiger partial charge in [0.2, 0.25) is 5.91 Å². The second-order valence-corrected chi connectivity index (χ2v) is 6.61. The molecule has 0 bridgehead atoms. The van der Waals surface area contributed by atoms with Gasteiger partial charge in [0.15, 0.2) is 0 Å². The lowest BCUT2D eigenvalue weighted by Gasteiger charge is -2.09. The predicted molar refractivity (Wildman–Crippen MR) is 106 cm³/mol. The van der Waals surface area contributed by atoms with Crippen LogP contribution in [0.5, 0.6) is 5.75 Å². The zero-order valence-electron chi connectivity index (χ0n) is 15.4. The Labute approximate surface area is 163 Å². The molecule has 0 atom stereocenters. The van der Waals surface area contributed by atoms with Crippen LogP contribution in [-0.4, -0.2) is 22.3 Å². The molecule has 0 fully saturated rings. The van der Waals surface area contributed by atoms with Crippen LogP contribution in [0.15, 0.2) is 54.6 Å². The lowest BCUT2D eigenvalue weighted by molar-refractivity contribution is -0.121. The van der Waals surface area contributed by atoms with Crippen LogP contribution in [0.25, 0.3) is 5.69 Å². The summed E-state index contributed by atoms with van der Waals surface area (Å²) >= 11 is 6.03. The number of nitrogens with zero attached hydrogens (tertiary/aromatic N) is 2. The number of aromatic nitrogens is 2. The predicted octanol–water partition coefficient (Wildman–Crippen LogP) is 4.23. The van der Waals surface area contributed by atoms with E-state index in [0.29, 0.717) is 17.3 Å². The van der Waals surface area contributed by atoms with E-state index in [9.17, 15) is 4.79 Å². The van der Waals surface area contributed by atoms with Crippen molar-refractivity contribution in [3.05, 3.63) is 76.6 Å². The fourth-order valence-electron chi connectivity index (χ4n) is 2.84. The van der Waals surface area contributed by atoms with Crippen LogP contribution in [0.4, 0.5) is 0 Å². The molecule has 2 aromatic carbocycles. The Morgan fingerprint density at radius 1 is 1.11 bits per heavy atom. The summed E-state index contributed by atoms with van der Waals surface area (Å²) in [7, 11) is 0. The van der Waals surface area contributed by atoms with Crippen molar-refractivity contribution in [1.82, 2.24) is 15.1 Å². The van der Waals surface area contributed by atoms with Crippen molar-refractivity contribution in [1.29, 1.82) is 0 Å². The zero-order valence-corrected chi connectivity index (χ0v) is 16.2. The number of para-hydroxylation sites is 2. The molecule has 1 heterocycles. The van der Waals surface area contributed by atoms with Gasteiger partial charge in [0.25, 0.3) is 0 Å². The van der Waals surface area contributed by atoms with Crippen molar-refractivity contribution in [3.63, 3.8) is 0 Å². The van der Waals surface area contributed by atoms with E-state index in [2.05, 4.69) is 10.4 Å².